The van der Waals surface area contributed by atoms with Gasteiger partial charge in [-0.1, -0.05) is 25.2 Å². The highest BCUT2D eigenvalue weighted by atomic mass is 32.1. The third-order valence-electron chi connectivity index (χ3n) is 3.38. The van der Waals surface area contributed by atoms with Crippen LogP contribution in [0.4, 0.5) is 8.78 Å². The van der Waals surface area contributed by atoms with Gasteiger partial charge in [0, 0.05) is 25.3 Å². The molecule has 0 atom stereocenters. The fourth-order valence-corrected chi connectivity index (χ4v) is 3.24. The van der Waals surface area contributed by atoms with Crippen molar-refractivity contribution in [2.24, 2.45) is 5.92 Å². The van der Waals surface area contributed by atoms with Crippen LogP contribution in [0.1, 0.15) is 55.5 Å². The van der Waals surface area contributed by atoms with Gasteiger partial charge < -0.3 is 5.32 Å². The lowest BCUT2D eigenvalue weighted by Gasteiger charge is -2.26. The molecule has 2 rings (SSSR count). The van der Waals surface area contributed by atoms with E-state index in [2.05, 4.69) is 29.4 Å². The van der Waals surface area contributed by atoms with E-state index in [1.165, 1.54) is 0 Å². The lowest BCUT2D eigenvalue weighted by atomic mass is 9.87. The van der Waals surface area contributed by atoms with Gasteiger partial charge in [-0.2, -0.15) is 0 Å². The first-order chi connectivity index (χ1) is 8.96. The quantitative estimate of drug-likeness (QED) is 0.900. The molecule has 0 amide bonds. The Balaban J connectivity index is 1.84. The van der Waals surface area contributed by atoms with Gasteiger partial charge in [0.2, 0.25) is 5.92 Å². The fraction of sp³-hybridized carbons (Fsp3) is 0.846. The molecule has 0 aromatic carbocycles. The van der Waals surface area contributed by atoms with Crippen LogP contribution in [0.25, 0.3) is 0 Å². The highest BCUT2D eigenvalue weighted by molar-refractivity contribution is 7.11. The van der Waals surface area contributed by atoms with E-state index in [4.69, 9.17) is 0 Å². The molecule has 1 aromatic heterocycles. The van der Waals surface area contributed by atoms with E-state index in [9.17, 15) is 8.78 Å². The first-order valence-electron chi connectivity index (χ1n) is 6.87. The molecule has 19 heavy (non-hydrogen) atoms. The molecule has 1 aromatic rings. The summed E-state index contributed by atoms with van der Waals surface area (Å²) < 4.78 is 26.2. The minimum Gasteiger partial charge on any atom is -0.310 e. The number of nitrogens with one attached hydrogen (secondary N) is 1. The van der Waals surface area contributed by atoms with Crippen molar-refractivity contribution in [1.82, 2.24) is 15.5 Å². The van der Waals surface area contributed by atoms with Gasteiger partial charge in [0.25, 0.3) is 0 Å². The van der Waals surface area contributed by atoms with Crippen LogP contribution in [0.3, 0.4) is 0 Å². The van der Waals surface area contributed by atoms with Gasteiger partial charge in [-0.15, -0.1) is 10.2 Å². The minimum atomic E-state index is -2.47. The first kappa shape index (κ1) is 14.8. The van der Waals surface area contributed by atoms with E-state index < -0.39 is 5.92 Å². The zero-order valence-corrected chi connectivity index (χ0v) is 12.3. The van der Waals surface area contributed by atoms with E-state index >= 15 is 0 Å². The summed E-state index contributed by atoms with van der Waals surface area (Å²) in [7, 11) is 0. The highest BCUT2D eigenvalue weighted by Crippen LogP contribution is 2.41. The minimum absolute atomic E-state index is 0.0157. The number of alkyl halides is 2. The molecule has 1 fully saturated rings. The Hall–Kier alpha value is -0.620. The standard InChI is InChI=1S/C13H21F2N3S/c1-9(2)7-16-8-11-17-18-12(19-11)10-3-5-13(14,15)6-4-10/h9-10,16H,3-8H2,1-2H3. The molecule has 3 nitrogen and oxygen atoms in total. The molecule has 0 unspecified atom stereocenters. The maximum atomic E-state index is 13.1. The van der Waals surface area contributed by atoms with Crippen molar-refractivity contribution in [3.05, 3.63) is 10.0 Å². The van der Waals surface area contributed by atoms with Gasteiger partial charge in [0.15, 0.2) is 0 Å². The summed E-state index contributed by atoms with van der Waals surface area (Å²) in [5, 5.41) is 13.5. The Morgan fingerprint density at radius 3 is 2.63 bits per heavy atom. The van der Waals surface area contributed by atoms with Gasteiger partial charge in [-0.3, -0.25) is 0 Å². The van der Waals surface area contributed by atoms with Crippen LogP contribution in [0.5, 0.6) is 0 Å². The molecule has 0 bridgehead atoms. The Bertz CT molecular complexity index is 396. The molecule has 0 saturated heterocycles. The van der Waals surface area contributed by atoms with Gasteiger partial charge in [0.1, 0.15) is 10.0 Å². The maximum Gasteiger partial charge on any atom is 0.248 e. The smallest absolute Gasteiger partial charge is 0.248 e. The largest absolute Gasteiger partial charge is 0.310 e. The number of nitrogens with zero attached hydrogens (tertiary/aromatic N) is 2. The van der Waals surface area contributed by atoms with E-state index in [0.717, 1.165) is 23.1 Å². The average Bonchev–Trinajstić information content (AvgIpc) is 2.77. The van der Waals surface area contributed by atoms with Crippen molar-refractivity contribution in [1.29, 1.82) is 0 Å². The molecule has 1 saturated carbocycles. The predicted octanol–water partition coefficient (Wildman–Crippen LogP) is 3.58. The Morgan fingerprint density at radius 1 is 1.32 bits per heavy atom. The predicted molar refractivity (Wildman–Crippen MR) is 72.6 cm³/mol. The molecule has 0 aliphatic heterocycles. The summed E-state index contributed by atoms with van der Waals surface area (Å²) in [6, 6.07) is 0. The van der Waals surface area contributed by atoms with Crippen LogP contribution in [-0.2, 0) is 6.54 Å². The van der Waals surface area contributed by atoms with E-state index in [0.29, 0.717) is 18.8 Å². The van der Waals surface area contributed by atoms with Crippen molar-refractivity contribution in [2.75, 3.05) is 6.54 Å². The molecule has 108 valence electrons. The van der Waals surface area contributed by atoms with Crippen molar-refractivity contribution >= 4 is 11.3 Å². The van der Waals surface area contributed by atoms with Crippen LogP contribution in [0, 0.1) is 5.92 Å². The summed E-state index contributed by atoms with van der Waals surface area (Å²) in [4.78, 5) is 0. The Morgan fingerprint density at radius 2 is 2.00 bits per heavy atom. The number of hydrogen-bond donors (Lipinski definition) is 1. The summed E-state index contributed by atoms with van der Waals surface area (Å²) in [6.45, 7) is 5.98. The third-order valence-corrected chi connectivity index (χ3v) is 4.46. The molecule has 0 spiro atoms. The average molecular weight is 289 g/mol. The Labute approximate surface area is 116 Å². The molecular weight excluding hydrogens is 268 g/mol. The van der Waals surface area contributed by atoms with Crippen molar-refractivity contribution < 1.29 is 8.78 Å². The van der Waals surface area contributed by atoms with Crippen molar-refractivity contribution in [3.8, 4) is 0 Å². The second-order valence-electron chi connectivity index (χ2n) is 5.69. The maximum absolute atomic E-state index is 13.1. The number of hydrogen-bond acceptors (Lipinski definition) is 4. The molecular formula is C13H21F2N3S. The zero-order valence-electron chi connectivity index (χ0n) is 11.5. The molecule has 1 heterocycles. The SMILES string of the molecule is CC(C)CNCc1nnc(C2CCC(F)(F)CC2)s1. The third kappa shape index (κ3) is 4.45. The van der Waals surface area contributed by atoms with E-state index in [1.807, 2.05) is 0 Å². The number of aromatic nitrogens is 2. The van der Waals surface area contributed by atoms with Gasteiger partial charge in [-0.05, 0) is 25.3 Å². The van der Waals surface area contributed by atoms with Crippen LogP contribution in [0.15, 0.2) is 0 Å². The number of rotatable bonds is 5. The zero-order chi connectivity index (χ0) is 13.9. The highest BCUT2D eigenvalue weighted by Gasteiger charge is 2.36. The lowest BCUT2D eigenvalue weighted by Crippen LogP contribution is -2.23. The summed E-state index contributed by atoms with van der Waals surface area (Å²) >= 11 is 1.56. The normalized spacial score (nSPS) is 20.1. The number of halogens is 2. The van der Waals surface area contributed by atoms with Crippen molar-refractivity contribution in [2.45, 2.75) is 57.9 Å². The molecule has 1 N–H and O–H groups in total. The summed E-state index contributed by atoms with van der Waals surface area (Å²) in [5.41, 5.74) is 0. The monoisotopic (exact) mass is 289 g/mol. The summed E-state index contributed by atoms with van der Waals surface area (Å²) in [5.74, 6) is -1.69. The van der Waals surface area contributed by atoms with Gasteiger partial charge in [0.05, 0.1) is 0 Å². The van der Waals surface area contributed by atoms with Crippen LogP contribution in [-0.4, -0.2) is 22.7 Å². The second-order valence-corrected chi connectivity index (χ2v) is 6.78. The Kier molecular flexibility index (Phi) is 4.84. The molecule has 6 heteroatoms. The van der Waals surface area contributed by atoms with Gasteiger partial charge >= 0.3 is 0 Å². The van der Waals surface area contributed by atoms with Crippen LogP contribution >= 0.6 is 11.3 Å². The summed E-state index contributed by atoms with van der Waals surface area (Å²) in [6.07, 6.45) is 1.03. The van der Waals surface area contributed by atoms with Crippen molar-refractivity contribution in [3.63, 3.8) is 0 Å². The van der Waals surface area contributed by atoms with E-state index in [1.54, 1.807) is 11.3 Å². The topological polar surface area (TPSA) is 37.8 Å². The van der Waals surface area contributed by atoms with E-state index in [-0.39, 0.29) is 18.8 Å². The second kappa shape index (κ2) is 6.22. The fourth-order valence-electron chi connectivity index (χ4n) is 2.26. The molecule has 0 radical (unpaired) electrons. The lowest BCUT2D eigenvalue weighted by molar-refractivity contribution is -0.0382. The first-order valence-corrected chi connectivity index (χ1v) is 7.69. The van der Waals surface area contributed by atoms with Crippen LogP contribution < -0.4 is 5.32 Å². The molecule has 1 aliphatic rings. The molecule has 1 aliphatic carbocycles. The van der Waals surface area contributed by atoms with Crippen LogP contribution in [0.2, 0.25) is 0 Å². The van der Waals surface area contributed by atoms with Gasteiger partial charge in [-0.25, -0.2) is 8.78 Å².